The second-order valence-electron chi connectivity index (χ2n) is 3.89. The average Bonchev–Trinajstić information content (AvgIpc) is 2.88. The van der Waals surface area contributed by atoms with Crippen molar-refractivity contribution in [2.24, 2.45) is 0 Å². The lowest BCUT2D eigenvalue weighted by molar-refractivity contribution is -0.136. The fraction of sp³-hybridized carbons (Fsp3) is 0.308. The SMILES string of the molecule is CCOc1ccccc1-c1nc(SCCC(=O)O)n[nH]1. The number of aromatic amines is 1. The molecule has 20 heavy (non-hydrogen) atoms. The van der Waals surface area contributed by atoms with Crippen molar-refractivity contribution in [2.45, 2.75) is 18.5 Å². The van der Waals surface area contributed by atoms with Crippen LogP contribution in [0.15, 0.2) is 29.4 Å². The molecule has 0 aliphatic heterocycles. The van der Waals surface area contributed by atoms with Crippen molar-refractivity contribution in [1.29, 1.82) is 0 Å². The third-order valence-corrected chi connectivity index (χ3v) is 3.30. The van der Waals surface area contributed by atoms with E-state index in [9.17, 15) is 4.79 Å². The highest BCUT2D eigenvalue weighted by molar-refractivity contribution is 7.99. The lowest BCUT2D eigenvalue weighted by Crippen LogP contribution is -1.96. The first-order valence-electron chi connectivity index (χ1n) is 6.20. The maximum absolute atomic E-state index is 10.5. The van der Waals surface area contributed by atoms with Crippen LogP contribution in [-0.4, -0.2) is 38.6 Å². The molecule has 0 atom stereocenters. The van der Waals surface area contributed by atoms with Gasteiger partial charge in [0, 0.05) is 5.75 Å². The largest absolute Gasteiger partial charge is 0.493 e. The van der Waals surface area contributed by atoms with Gasteiger partial charge in [0.1, 0.15) is 5.75 Å². The molecule has 0 saturated carbocycles. The molecule has 1 aromatic carbocycles. The lowest BCUT2D eigenvalue weighted by Gasteiger charge is -2.06. The van der Waals surface area contributed by atoms with Crippen molar-refractivity contribution in [1.82, 2.24) is 15.2 Å². The molecule has 0 saturated heterocycles. The first kappa shape index (κ1) is 14.4. The highest BCUT2D eigenvalue weighted by Gasteiger charge is 2.11. The van der Waals surface area contributed by atoms with Gasteiger partial charge in [-0.2, -0.15) is 0 Å². The second-order valence-corrected chi connectivity index (χ2v) is 4.95. The molecule has 1 heterocycles. The highest BCUT2D eigenvalue weighted by atomic mass is 32.2. The first-order valence-corrected chi connectivity index (χ1v) is 7.18. The fourth-order valence-corrected chi connectivity index (χ4v) is 2.33. The van der Waals surface area contributed by atoms with Gasteiger partial charge in [-0.05, 0) is 19.1 Å². The van der Waals surface area contributed by atoms with Gasteiger partial charge in [0.2, 0.25) is 5.16 Å². The van der Waals surface area contributed by atoms with Crippen LogP contribution < -0.4 is 4.74 Å². The van der Waals surface area contributed by atoms with Gasteiger partial charge in [0.15, 0.2) is 5.82 Å². The summed E-state index contributed by atoms with van der Waals surface area (Å²) in [5, 5.41) is 16.0. The van der Waals surface area contributed by atoms with Gasteiger partial charge in [-0.1, -0.05) is 23.9 Å². The van der Waals surface area contributed by atoms with E-state index < -0.39 is 5.97 Å². The van der Waals surface area contributed by atoms with Crippen LogP contribution in [0.25, 0.3) is 11.4 Å². The molecule has 2 N–H and O–H groups in total. The number of benzene rings is 1. The van der Waals surface area contributed by atoms with Crippen LogP contribution in [-0.2, 0) is 4.79 Å². The number of nitrogens with one attached hydrogen (secondary N) is 1. The Morgan fingerprint density at radius 2 is 2.25 bits per heavy atom. The number of carbonyl (C=O) groups is 1. The minimum Gasteiger partial charge on any atom is -0.493 e. The van der Waals surface area contributed by atoms with E-state index in [1.165, 1.54) is 11.8 Å². The van der Waals surface area contributed by atoms with Crippen molar-refractivity contribution < 1.29 is 14.6 Å². The number of para-hydroxylation sites is 1. The maximum Gasteiger partial charge on any atom is 0.304 e. The third kappa shape index (κ3) is 3.74. The van der Waals surface area contributed by atoms with Gasteiger partial charge in [-0.15, -0.1) is 5.10 Å². The topological polar surface area (TPSA) is 88.1 Å². The zero-order chi connectivity index (χ0) is 14.4. The quantitative estimate of drug-likeness (QED) is 0.762. The molecule has 0 bridgehead atoms. The van der Waals surface area contributed by atoms with Crippen LogP contribution in [0.2, 0.25) is 0 Å². The molecular weight excluding hydrogens is 278 g/mol. The molecule has 2 rings (SSSR count). The lowest BCUT2D eigenvalue weighted by atomic mass is 10.2. The van der Waals surface area contributed by atoms with Gasteiger partial charge in [0.05, 0.1) is 18.6 Å². The summed E-state index contributed by atoms with van der Waals surface area (Å²) in [5.41, 5.74) is 0.840. The van der Waals surface area contributed by atoms with Gasteiger partial charge in [0.25, 0.3) is 0 Å². The fourth-order valence-electron chi connectivity index (χ4n) is 1.60. The van der Waals surface area contributed by atoms with Gasteiger partial charge < -0.3 is 9.84 Å². The Bertz CT molecular complexity index is 586. The Hall–Kier alpha value is -2.02. The molecule has 0 spiro atoms. The summed E-state index contributed by atoms with van der Waals surface area (Å²) >= 11 is 1.31. The number of rotatable bonds is 7. The number of aromatic nitrogens is 3. The number of nitrogens with zero attached hydrogens (tertiary/aromatic N) is 2. The predicted molar refractivity (Wildman–Crippen MR) is 76.0 cm³/mol. The van der Waals surface area contributed by atoms with Gasteiger partial charge in [-0.25, -0.2) is 4.98 Å². The molecule has 0 amide bonds. The number of carboxylic acids is 1. The molecule has 7 heteroatoms. The van der Waals surface area contributed by atoms with E-state index in [1.807, 2.05) is 31.2 Å². The van der Waals surface area contributed by atoms with Crippen molar-refractivity contribution in [3.63, 3.8) is 0 Å². The Balaban J connectivity index is 2.10. The minimum absolute atomic E-state index is 0.0874. The molecule has 0 unspecified atom stereocenters. The van der Waals surface area contributed by atoms with Crippen LogP contribution in [0.4, 0.5) is 0 Å². The summed E-state index contributed by atoms with van der Waals surface area (Å²) in [6, 6.07) is 7.57. The molecule has 0 aliphatic carbocycles. The molecule has 106 valence electrons. The number of ether oxygens (including phenoxy) is 1. The van der Waals surface area contributed by atoms with E-state index >= 15 is 0 Å². The van der Waals surface area contributed by atoms with E-state index in [0.717, 1.165) is 11.3 Å². The van der Waals surface area contributed by atoms with Crippen LogP contribution in [0, 0.1) is 0 Å². The number of aliphatic carboxylic acids is 1. The summed E-state index contributed by atoms with van der Waals surface area (Å²) in [5.74, 6) is 0.981. The van der Waals surface area contributed by atoms with Crippen LogP contribution in [0.5, 0.6) is 5.75 Å². The van der Waals surface area contributed by atoms with Crippen LogP contribution in [0.1, 0.15) is 13.3 Å². The smallest absolute Gasteiger partial charge is 0.304 e. The molecular formula is C13H15N3O3S. The molecule has 0 fully saturated rings. The Morgan fingerprint density at radius 3 is 3.00 bits per heavy atom. The van der Waals surface area contributed by atoms with Crippen LogP contribution >= 0.6 is 11.8 Å². The Labute approximate surface area is 120 Å². The summed E-state index contributed by atoms with van der Waals surface area (Å²) < 4.78 is 5.54. The first-order chi connectivity index (χ1) is 9.70. The Morgan fingerprint density at radius 1 is 1.45 bits per heavy atom. The minimum atomic E-state index is -0.824. The van der Waals surface area contributed by atoms with E-state index in [-0.39, 0.29) is 6.42 Å². The molecule has 1 aromatic heterocycles. The number of carboxylic acid groups (broad SMARTS) is 1. The second kappa shape index (κ2) is 6.95. The monoisotopic (exact) mass is 293 g/mol. The third-order valence-electron chi connectivity index (χ3n) is 2.45. The van der Waals surface area contributed by atoms with Crippen molar-refractivity contribution in [3.8, 4) is 17.1 Å². The molecule has 0 radical (unpaired) electrons. The molecule has 6 nitrogen and oxygen atoms in total. The average molecular weight is 293 g/mol. The van der Waals surface area contributed by atoms with Gasteiger partial charge in [-0.3, -0.25) is 9.89 Å². The highest BCUT2D eigenvalue weighted by Crippen LogP contribution is 2.28. The predicted octanol–water partition coefficient (Wildman–Crippen LogP) is 2.44. The van der Waals surface area contributed by atoms with Crippen molar-refractivity contribution >= 4 is 17.7 Å². The van der Waals surface area contributed by atoms with E-state index in [1.54, 1.807) is 0 Å². The van der Waals surface area contributed by atoms with E-state index in [0.29, 0.717) is 23.3 Å². The molecule has 0 aliphatic rings. The van der Waals surface area contributed by atoms with Gasteiger partial charge >= 0.3 is 5.97 Å². The number of hydrogen-bond donors (Lipinski definition) is 2. The Kier molecular flexibility index (Phi) is 5.00. The van der Waals surface area contributed by atoms with E-state index in [2.05, 4.69) is 15.2 Å². The number of hydrogen-bond acceptors (Lipinski definition) is 5. The summed E-state index contributed by atoms with van der Waals surface area (Å²) in [6.45, 7) is 2.50. The number of thioether (sulfide) groups is 1. The standard InChI is InChI=1S/C13H15N3O3S/c1-2-19-10-6-4-3-5-9(10)12-14-13(16-15-12)20-8-7-11(17)18/h3-6H,2,7-8H2,1H3,(H,17,18)(H,14,15,16). The van der Waals surface area contributed by atoms with E-state index in [4.69, 9.17) is 9.84 Å². The van der Waals surface area contributed by atoms with Crippen molar-refractivity contribution in [2.75, 3.05) is 12.4 Å². The zero-order valence-corrected chi connectivity index (χ0v) is 11.8. The van der Waals surface area contributed by atoms with Crippen LogP contribution in [0.3, 0.4) is 0 Å². The summed E-state index contributed by atoms with van der Waals surface area (Å²) in [6.07, 6.45) is 0.0874. The zero-order valence-electron chi connectivity index (χ0n) is 11.0. The number of H-pyrrole nitrogens is 1. The van der Waals surface area contributed by atoms with Crippen molar-refractivity contribution in [3.05, 3.63) is 24.3 Å². The summed E-state index contributed by atoms with van der Waals surface area (Å²) in [4.78, 5) is 14.8. The summed E-state index contributed by atoms with van der Waals surface area (Å²) in [7, 11) is 0. The maximum atomic E-state index is 10.5. The normalized spacial score (nSPS) is 10.4. The molecule has 2 aromatic rings.